The molecule has 134 valence electrons. The van der Waals surface area contributed by atoms with E-state index >= 15 is 0 Å². The van der Waals surface area contributed by atoms with E-state index in [0.717, 1.165) is 5.69 Å². The Bertz CT molecular complexity index is 785. The third-order valence-corrected chi connectivity index (χ3v) is 4.00. The summed E-state index contributed by atoms with van der Waals surface area (Å²) in [6, 6.07) is 3.53. The molecule has 3 heterocycles. The van der Waals surface area contributed by atoms with E-state index in [4.69, 9.17) is 18.7 Å². The lowest BCUT2D eigenvalue weighted by Crippen LogP contribution is -2.37. The molecule has 2 aromatic rings. The summed E-state index contributed by atoms with van der Waals surface area (Å²) in [5.74, 6) is 0.411. The van der Waals surface area contributed by atoms with Gasteiger partial charge in [-0.15, -0.1) is 0 Å². The van der Waals surface area contributed by atoms with Gasteiger partial charge in [0.2, 0.25) is 5.78 Å². The largest absolute Gasteiger partial charge is 0.455 e. The fourth-order valence-corrected chi connectivity index (χ4v) is 2.79. The van der Waals surface area contributed by atoms with Gasteiger partial charge < -0.3 is 18.7 Å². The molecule has 1 fully saturated rings. The minimum Gasteiger partial charge on any atom is -0.455 e. The summed E-state index contributed by atoms with van der Waals surface area (Å²) >= 11 is 0. The predicted molar refractivity (Wildman–Crippen MR) is 85.9 cm³/mol. The van der Waals surface area contributed by atoms with Crippen LogP contribution in [-0.4, -0.2) is 54.0 Å². The molecule has 0 N–H and O–H groups in total. The van der Waals surface area contributed by atoms with Gasteiger partial charge in [-0.25, -0.2) is 4.79 Å². The number of Topliss-reactive ketones (excluding diaryl/α,β-unsaturated/α-hetero) is 1. The number of aromatic nitrogens is 2. The lowest BCUT2D eigenvalue weighted by atomic mass is 10.1. The number of nitrogens with zero attached hydrogens (tertiary/aromatic N) is 2. The minimum atomic E-state index is -0.771. The molecule has 1 saturated heterocycles. The van der Waals surface area contributed by atoms with Crippen molar-refractivity contribution in [3.8, 4) is 5.82 Å². The summed E-state index contributed by atoms with van der Waals surface area (Å²) in [5, 5.41) is 3.98. The van der Waals surface area contributed by atoms with Crippen LogP contribution in [-0.2, 0) is 19.0 Å². The molecule has 1 aliphatic rings. The molecule has 0 bridgehead atoms. The lowest BCUT2D eigenvalue weighted by Gasteiger charge is -2.21. The van der Waals surface area contributed by atoms with Gasteiger partial charge in [-0.3, -0.25) is 9.36 Å². The van der Waals surface area contributed by atoms with Crippen LogP contribution in [0.4, 0.5) is 0 Å². The third-order valence-electron chi connectivity index (χ3n) is 4.00. The molecule has 25 heavy (non-hydrogen) atoms. The van der Waals surface area contributed by atoms with Gasteiger partial charge in [-0.2, -0.15) is 0 Å². The summed E-state index contributed by atoms with van der Waals surface area (Å²) in [5.41, 5.74) is 2.03. The molecule has 8 heteroatoms. The van der Waals surface area contributed by atoms with Crippen molar-refractivity contribution in [3.05, 3.63) is 34.8 Å². The first kappa shape index (κ1) is 17.4. The van der Waals surface area contributed by atoms with Crippen molar-refractivity contribution in [2.24, 2.45) is 0 Å². The molecule has 0 unspecified atom stereocenters. The number of ketones is 1. The van der Waals surface area contributed by atoms with Crippen LogP contribution in [0.25, 0.3) is 5.82 Å². The van der Waals surface area contributed by atoms with Gasteiger partial charge in [-0.1, -0.05) is 5.16 Å². The highest BCUT2D eigenvalue weighted by molar-refractivity contribution is 5.99. The molecular formula is C17H20N2O6. The number of carbonyl (C=O) groups excluding carboxylic acids is 2. The SMILES string of the molecule is Cc1cc(-n2c(C)cc(C(=O)COC(=O)[C@@H]3COCCO3)c2C)no1. The maximum absolute atomic E-state index is 12.4. The Morgan fingerprint density at radius 3 is 2.72 bits per heavy atom. The molecule has 1 aliphatic heterocycles. The number of aryl methyl sites for hydroxylation is 2. The van der Waals surface area contributed by atoms with Crippen molar-refractivity contribution >= 4 is 11.8 Å². The van der Waals surface area contributed by atoms with E-state index < -0.39 is 12.1 Å². The summed E-state index contributed by atoms with van der Waals surface area (Å²) in [6.45, 7) is 6.07. The second-order valence-corrected chi connectivity index (χ2v) is 5.88. The van der Waals surface area contributed by atoms with Crippen molar-refractivity contribution in [2.45, 2.75) is 26.9 Å². The first-order chi connectivity index (χ1) is 12.0. The maximum atomic E-state index is 12.4. The van der Waals surface area contributed by atoms with Gasteiger partial charge >= 0.3 is 5.97 Å². The predicted octanol–water partition coefficient (Wildman–Crippen LogP) is 1.53. The molecule has 1 atom stereocenters. The van der Waals surface area contributed by atoms with E-state index in [1.54, 1.807) is 19.1 Å². The number of rotatable bonds is 5. The highest BCUT2D eigenvalue weighted by Crippen LogP contribution is 2.21. The zero-order valence-corrected chi connectivity index (χ0v) is 14.4. The van der Waals surface area contributed by atoms with E-state index in [9.17, 15) is 9.59 Å². The highest BCUT2D eigenvalue weighted by Gasteiger charge is 2.26. The standard InChI is InChI=1S/C17H20N2O6/c1-10-6-13(12(3)19(10)16-7-11(2)25-18-16)14(20)8-24-17(21)15-9-22-4-5-23-15/h6-7,15H,4-5,8-9H2,1-3H3/t15-/m0/s1. The van der Waals surface area contributed by atoms with Gasteiger partial charge in [0.1, 0.15) is 5.76 Å². The van der Waals surface area contributed by atoms with Gasteiger partial charge in [0, 0.05) is 23.0 Å². The van der Waals surface area contributed by atoms with Crippen LogP contribution in [0.3, 0.4) is 0 Å². The number of ether oxygens (including phenoxy) is 3. The van der Waals surface area contributed by atoms with Crippen molar-refractivity contribution in [1.29, 1.82) is 0 Å². The van der Waals surface area contributed by atoms with Crippen molar-refractivity contribution in [2.75, 3.05) is 26.4 Å². The summed E-state index contributed by atoms with van der Waals surface area (Å²) in [4.78, 5) is 24.4. The summed E-state index contributed by atoms with van der Waals surface area (Å²) in [6.07, 6.45) is -0.771. The van der Waals surface area contributed by atoms with Crippen LogP contribution in [0, 0.1) is 20.8 Å². The lowest BCUT2D eigenvalue weighted by molar-refractivity contribution is -0.169. The Balaban J connectivity index is 1.69. The van der Waals surface area contributed by atoms with Gasteiger partial charge in [0.15, 0.2) is 18.5 Å². The molecule has 0 spiro atoms. The number of hydrogen-bond donors (Lipinski definition) is 0. The van der Waals surface area contributed by atoms with Crippen LogP contribution in [0.15, 0.2) is 16.7 Å². The Hall–Kier alpha value is -2.45. The van der Waals surface area contributed by atoms with Gasteiger partial charge in [0.05, 0.1) is 19.8 Å². The monoisotopic (exact) mass is 348 g/mol. The summed E-state index contributed by atoms with van der Waals surface area (Å²) < 4.78 is 22.4. The van der Waals surface area contributed by atoms with Crippen molar-refractivity contribution in [3.63, 3.8) is 0 Å². The first-order valence-electron chi connectivity index (χ1n) is 7.99. The van der Waals surface area contributed by atoms with Gasteiger partial charge in [-0.05, 0) is 26.8 Å². The Morgan fingerprint density at radius 2 is 2.08 bits per heavy atom. The molecule has 8 nitrogen and oxygen atoms in total. The molecule has 2 aromatic heterocycles. The number of carbonyl (C=O) groups is 2. The Labute approximate surface area is 144 Å². The molecule has 0 radical (unpaired) electrons. The van der Waals surface area contributed by atoms with Crippen molar-refractivity contribution < 1.29 is 28.3 Å². The van der Waals surface area contributed by atoms with E-state index in [0.29, 0.717) is 36.0 Å². The van der Waals surface area contributed by atoms with Gasteiger partial charge in [0.25, 0.3) is 0 Å². The molecular weight excluding hydrogens is 328 g/mol. The molecule has 0 amide bonds. The summed E-state index contributed by atoms with van der Waals surface area (Å²) in [7, 11) is 0. The van der Waals surface area contributed by atoms with Crippen molar-refractivity contribution in [1.82, 2.24) is 9.72 Å². The average molecular weight is 348 g/mol. The second kappa shape index (κ2) is 7.20. The van der Waals surface area contributed by atoms with Crippen LogP contribution in [0.1, 0.15) is 27.5 Å². The zero-order valence-electron chi connectivity index (χ0n) is 14.4. The molecule has 3 rings (SSSR count). The van der Waals surface area contributed by atoms with Crippen LogP contribution in [0.2, 0.25) is 0 Å². The fourth-order valence-electron chi connectivity index (χ4n) is 2.79. The molecule has 0 saturated carbocycles. The highest BCUT2D eigenvalue weighted by atomic mass is 16.6. The third kappa shape index (κ3) is 3.64. The smallest absolute Gasteiger partial charge is 0.338 e. The average Bonchev–Trinajstić information content (AvgIpc) is 3.15. The van der Waals surface area contributed by atoms with E-state index in [-0.39, 0.29) is 19.0 Å². The van der Waals surface area contributed by atoms with E-state index in [1.807, 2.05) is 18.4 Å². The van der Waals surface area contributed by atoms with Crippen LogP contribution < -0.4 is 0 Å². The van der Waals surface area contributed by atoms with Crippen LogP contribution >= 0.6 is 0 Å². The second-order valence-electron chi connectivity index (χ2n) is 5.88. The molecule has 0 aromatic carbocycles. The molecule has 0 aliphatic carbocycles. The number of esters is 1. The van der Waals surface area contributed by atoms with E-state index in [1.165, 1.54) is 0 Å². The Kier molecular flexibility index (Phi) is 5.00. The maximum Gasteiger partial charge on any atom is 0.338 e. The zero-order chi connectivity index (χ0) is 18.0. The normalized spacial score (nSPS) is 17.5. The number of hydrogen-bond acceptors (Lipinski definition) is 7. The first-order valence-corrected chi connectivity index (χ1v) is 7.99. The van der Waals surface area contributed by atoms with Crippen LogP contribution in [0.5, 0.6) is 0 Å². The Morgan fingerprint density at radius 1 is 1.28 bits per heavy atom. The van der Waals surface area contributed by atoms with E-state index in [2.05, 4.69) is 5.16 Å². The topological polar surface area (TPSA) is 92.8 Å². The quantitative estimate of drug-likeness (QED) is 0.597. The fraction of sp³-hybridized carbons (Fsp3) is 0.471. The minimum absolute atomic E-state index is 0.146.